The number of aromatic nitrogens is 2. The van der Waals surface area contributed by atoms with Crippen LogP contribution in [-0.4, -0.2) is 9.55 Å². The topological polar surface area (TPSA) is 34.9 Å². The molecule has 0 amide bonds. The Hall–Kier alpha value is -1.16. The van der Waals surface area contributed by atoms with E-state index in [0.29, 0.717) is 0 Å². The summed E-state index contributed by atoms with van der Waals surface area (Å²) in [4.78, 5) is 18.1. The van der Waals surface area contributed by atoms with Crippen LogP contribution in [0.5, 0.6) is 0 Å². The van der Waals surface area contributed by atoms with E-state index in [1.807, 2.05) is 16.9 Å². The minimum absolute atomic E-state index is 0.159. The van der Waals surface area contributed by atoms with Crippen molar-refractivity contribution in [1.82, 2.24) is 9.55 Å². The molecule has 0 aliphatic carbocycles. The zero-order valence-corrected chi connectivity index (χ0v) is 10.1. The standard InChI is InChI=1S/C12H14N2OS/c1-8-11-9(7-16-8)12(15)14-6-4-2-3-5-10(14)13-11/h7H,2-6H2,1H3. The number of fused-ring (bicyclic) bond motifs is 2. The molecule has 0 atom stereocenters. The molecule has 16 heavy (non-hydrogen) atoms. The molecule has 0 aromatic carbocycles. The smallest absolute Gasteiger partial charge is 0.262 e. The molecule has 2 aromatic rings. The van der Waals surface area contributed by atoms with Gasteiger partial charge in [0, 0.05) is 23.2 Å². The van der Waals surface area contributed by atoms with Crippen molar-refractivity contribution in [2.45, 2.75) is 39.2 Å². The summed E-state index contributed by atoms with van der Waals surface area (Å²) in [5.41, 5.74) is 1.08. The first kappa shape index (κ1) is 10.0. The molecule has 84 valence electrons. The fourth-order valence-electron chi connectivity index (χ4n) is 2.34. The summed E-state index contributed by atoms with van der Waals surface area (Å²) in [6, 6.07) is 0. The molecular formula is C12H14N2OS. The van der Waals surface area contributed by atoms with E-state index in [9.17, 15) is 4.79 Å². The van der Waals surface area contributed by atoms with Crippen molar-refractivity contribution >= 4 is 22.2 Å². The number of hydrogen-bond acceptors (Lipinski definition) is 3. The number of thiophene rings is 1. The Kier molecular flexibility index (Phi) is 2.32. The molecule has 0 saturated carbocycles. The van der Waals surface area contributed by atoms with Gasteiger partial charge in [0.1, 0.15) is 5.82 Å². The average molecular weight is 234 g/mol. The Balaban J connectivity index is 2.35. The van der Waals surface area contributed by atoms with E-state index in [-0.39, 0.29) is 5.56 Å². The van der Waals surface area contributed by atoms with E-state index >= 15 is 0 Å². The second-order valence-electron chi connectivity index (χ2n) is 4.35. The van der Waals surface area contributed by atoms with Gasteiger partial charge in [-0.2, -0.15) is 0 Å². The maximum absolute atomic E-state index is 12.3. The number of rotatable bonds is 0. The Labute approximate surface area is 97.7 Å². The maximum atomic E-state index is 12.3. The number of hydrogen-bond donors (Lipinski definition) is 0. The Morgan fingerprint density at radius 1 is 1.38 bits per heavy atom. The average Bonchev–Trinajstić information content (AvgIpc) is 2.52. The Bertz CT molecular complexity index is 597. The molecule has 0 bridgehead atoms. The molecule has 0 fully saturated rings. The van der Waals surface area contributed by atoms with Crippen molar-refractivity contribution in [1.29, 1.82) is 0 Å². The predicted molar refractivity (Wildman–Crippen MR) is 66.2 cm³/mol. The van der Waals surface area contributed by atoms with Gasteiger partial charge < -0.3 is 0 Å². The molecule has 2 aromatic heterocycles. The maximum Gasteiger partial charge on any atom is 0.262 e. The molecule has 3 nitrogen and oxygen atoms in total. The van der Waals surface area contributed by atoms with Gasteiger partial charge in [-0.05, 0) is 19.8 Å². The van der Waals surface area contributed by atoms with Crippen LogP contribution in [-0.2, 0) is 13.0 Å². The SMILES string of the molecule is Cc1scc2c(=O)n3c(nc12)CCCCC3. The molecule has 0 spiro atoms. The van der Waals surface area contributed by atoms with E-state index in [0.717, 1.165) is 47.4 Å². The van der Waals surface area contributed by atoms with Gasteiger partial charge in [0.2, 0.25) is 0 Å². The molecule has 1 aliphatic heterocycles. The van der Waals surface area contributed by atoms with Gasteiger partial charge >= 0.3 is 0 Å². The van der Waals surface area contributed by atoms with Crippen molar-refractivity contribution in [2.24, 2.45) is 0 Å². The van der Waals surface area contributed by atoms with Gasteiger partial charge in [0.15, 0.2) is 0 Å². The van der Waals surface area contributed by atoms with Gasteiger partial charge in [-0.3, -0.25) is 9.36 Å². The minimum atomic E-state index is 0.159. The van der Waals surface area contributed by atoms with E-state index in [2.05, 4.69) is 4.98 Å². The third-order valence-electron chi connectivity index (χ3n) is 3.25. The lowest BCUT2D eigenvalue weighted by Gasteiger charge is -2.08. The lowest BCUT2D eigenvalue weighted by Crippen LogP contribution is -2.24. The van der Waals surface area contributed by atoms with Crippen molar-refractivity contribution in [3.8, 4) is 0 Å². The number of aryl methyl sites for hydroxylation is 2. The van der Waals surface area contributed by atoms with Gasteiger partial charge in [-0.25, -0.2) is 4.98 Å². The number of nitrogens with zero attached hydrogens (tertiary/aromatic N) is 2. The highest BCUT2D eigenvalue weighted by molar-refractivity contribution is 7.11. The van der Waals surface area contributed by atoms with Crippen molar-refractivity contribution < 1.29 is 0 Å². The molecule has 0 N–H and O–H groups in total. The molecule has 3 rings (SSSR count). The van der Waals surface area contributed by atoms with Crippen LogP contribution in [0, 0.1) is 6.92 Å². The van der Waals surface area contributed by atoms with Crippen LogP contribution in [0.4, 0.5) is 0 Å². The van der Waals surface area contributed by atoms with Crippen LogP contribution in [0.1, 0.15) is 30.0 Å². The molecule has 0 saturated heterocycles. The van der Waals surface area contributed by atoms with Crippen molar-refractivity contribution in [3.63, 3.8) is 0 Å². The largest absolute Gasteiger partial charge is 0.296 e. The molecule has 0 unspecified atom stereocenters. The van der Waals surface area contributed by atoms with Crippen molar-refractivity contribution in [3.05, 3.63) is 26.4 Å². The van der Waals surface area contributed by atoms with E-state index in [1.165, 1.54) is 6.42 Å². The zero-order valence-electron chi connectivity index (χ0n) is 9.32. The zero-order chi connectivity index (χ0) is 11.1. The first-order chi connectivity index (χ1) is 7.77. The predicted octanol–water partition coefficient (Wildman–Crippen LogP) is 2.49. The summed E-state index contributed by atoms with van der Waals surface area (Å²) < 4.78 is 1.88. The van der Waals surface area contributed by atoms with Crippen LogP contribution in [0.3, 0.4) is 0 Å². The first-order valence-corrected chi connectivity index (χ1v) is 6.63. The molecule has 3 heterocycles. The van der Waals surface area contributed by atoms with Crippen LogP contribution < -0.4 is 5.56 Å². The van der Waals surface area contributed by atoms with Crippen LogP contribution in [0.15, 0.2) is 10.2 Å². The molecule has 0 radical (unpaired) electrons. The van der Waals surface area contributed by atoms with Crippen LogP contribution >= 0.6 is 11.3 Å². The summed E-state index contributed by atoms with van der Waals surface area (Å²) >= 11 is 1.62. The lowest BCUT2D eigenvalue weighted by molar-refractivity contribution is 0.614. The summed E-state index contributed by atoms with van der Waals surface area (Å²) in [6.07, 6.45) is 4.40. The highest BCUT2D eigenvalue weighted by Crippen LogP contribution is 2.22. The van der Waals surface area contributed by atoms with E-state index in [4.69, 9.17) is 0 Å². The highest BCUT2D eigenvalue weighted by atomic mass is 32.1. The molecular weight excluding hydrogens is 220 g/mol. The second-order valence-corrected chi connectivity index (χ2v) is 5.43. The van der Waals surface area contributed by atoms with Gasteiger partial charge in [-0.15, -0.1) is 11.3 Å². The van der Waals surface area contributed by atoms with Gasteiger partial charge in [0.05, 0.1) is 10.9 Å². The summed E-state index contributed by atoms with van der Waals surface area (Å²) in [5.74, 6) is 0.983. The summed E-state index contributed by atoms with van der Waals surface area (Å²) in [7, 11) is 0. The normalized spacial score (nSPS) is 16.1. The summed E-state index contributed by atoms with van der Waals surface area (Å²) in [6.45, 7) is 2.87. The summed E-state index contributed by atoms with van der Waals surface area (Å²) in [5, 5.41) is 2.74. The first-order valence-electron chi connectivity index (χ1n) is 5.75. The highest BCUT2D eigenvalue weighted by Gasteiger charge is 2.15. The van der Waals surface area contributed by atoms with Crippen molar-refractivity contribution in [2.75, 3.05) is 0 Å². The fraction of sp³-hybridized carbons (Fsp3) is 0.500. The second kappa shape index (κ2) is 3.70. The van der Waals surface area contributed by atoms with Crippen LogP contribution in [0.25, 0.3) is 10.9 Å². The van der Waals surface area contributed by atoms with Gasteiger partial charge in [0.25, 0.3) is 5.56 Å². The quantitative estimate of drug-likeness (QED) is 0.702. The molecule has 1 aliphatic rings. The van der Waals surface area contributed by atoms with E-state index in [1.54, 1.807) is 11.3 Å². The minimum Gasteiger partial charge on any atom is -0.296 e. The fourth-order valence-corrected chi connectivity index (χ4v) is 3.12. The van der Waals surface area contributed by atoms with Gasteiger partial charge in [-0.1, -0.05) is 6.42 Å². The third-order valence-corrected chi connectivity index (χ3v) is 4.15. The third kappa shape index (κ3) is 1.40. The Morgan fingerprint density at radius 2 is 2.25 bits per heavy atom. The Morgan fingerprint density at radius 3 is 3.12 bits per heavy atom. The lowest BCUT2D eigenvalue weighted by atomic mass is 10.2. The van der Waals surface area contributed by atoms with Crippen LogP contribution in [0.2, 0.25) is 0 Å². The molecule has 4 heteroatoms. The monoisotopic (exact) mass is 234 g/mol. The van der Waals surface area contributed by atoms with E-state index < -0.39 is 0 Å².